The van der Waals surface area contributed by atoms with Crippen LogP contribution in [0, 0.1) is 6.92 Å². The third-order valence-corrected chi connectivity index (χ3v) is 6.93. The predicted octanol–water partition coefficient (Wildman–Crippen LogP) is 1.49. The highest BCUT2D eigenvalue weighted by Crippen LogP contribution is 2.17. The standard InChI is InChI=1S/C28H50O13S/c1-24-6-8-28(9-7-24)42(29,30)41-27(22-39-25(18-35-14-10-31-2)19-36-15-11-32-3)23-40-26(20-37-16-12-33-4)21-38-17-13-34-5/h6-9,25-27H,10-23H2,1-5H3. The average molecular weight is 627 g/mol. The molecule has 0 spiro atoms. The Hall–Kier alpha value is -1.27. The number of hydrogen-bond acceptors (Lipinski definition) is 13. The van der Waals surface area contributed by atoms with Crippen LogP contribution >= 0.6 is 0 Å². The lowest BCUT2D eigenvalue weighted by molar-refractivity contribution is -0.113. The summed E-state index contributed by atoms with van der Waals surface area (Å²) in [5.41, 5.74) is 0.923. The quantitative estimate of drug-likeness (QED) is 0.0939. The van der Waals surface area contributed by atoms with Crippen LogP contribution in [-0.2, 0) is 61.7 Å². The zero-order chi connectivity index (χ0) is 30.9. The molecule has 0 heterocycles. The summed E-state index contributed by atoms with van der Waals surface area (Å²) in [6.45, 7) is 5.63. The molecule has 0 aliphatic rings. The summed E-state index contributed by atoms with van der Waals surface area (Å²) in [6, 6.07) is 6.40. The number of aryl methyl sites for hydroxylation is 1. The first-order chi connectivity index (χ1) is 20.4. The van der Waals surface area contributed by atoms with E-state index in [1.54, 1.807) is 40.6 Å². The summed E-state index contributed by atoms with van der Waals surface area (Å²) in [5, 5.41) is 0. The maximum absolute atomic E-state index is 13.1. The molecule has 0 unspecified atom stereocenters. The zero-order valence-electron chi connectivity index (χ0n) is 25.7. The van der Waals surface area contributed by atoms with Crippen LogP contribution in [0.1, 0.15) is 5.56 Å². The molecular weight excluding hydrogens is 576 g/mol. The van der Waals surface area contributed by atoms with Gasteiger partial charge in [0.15, 0.2) is 0 Å². The Balaban J connectivity index is 2.95. The largest absolute Gasteiger partial charge is 0.382 e. The lowest BCUT2D eigenvalue weighted by Gasteiger charge is -2.25. The molecule has 1 rings (SSSR count). The van der Waals surface area contributed by atoms with Gasteiger partial charge in [0.25, 0.3) is 10.1 Å². The van der Waals surface area contributed by atoms with Crippen molar-refractivity contribution in [3.8, 4) is 0 Å². The Morgan fingerprint density at radius 2 is 0.881 bits per heavy atom. The van der Waals surface area contributed by atoms with Crippen molar-refractivity contribution >= 4 is 10.1 Å². The topological polar surface area (TPSA) is 136 Å². The van der Waals surface area contributed by atoms with Crippen molar-refractivity contribution < 1.29 is 60.0 Å². The molecule has 0 amide bonds. The second kappa shape index (κ2) is 25.1. The van der Waals surface area contributed by atoms with Crippen molar-refractivity contribution in [1.82, 2.24) is 0 Å². The van der Waals surface area contributed by atoms with Gasteiger partial charge in [-0.2, -0.15) is 8.42 Å². The highest BCUT2D eigenvalue weighted by atomic mass is 32.2. The molecule has 0 aliphatic heterocycles. The molecule has 1 aromatic carbocycles. The number of ether oxygens (including phenoxy) is 10. The molecule has 14 heteroatoms. The van der Waals surface area contributed by atoms with Crippen LogP contribution in [0.4, 0.5) is 0 Å². The summed E-state index contributed by atoms with van der Waals surface area (Å²) in [7, 11) is 2.21. The van der Waals surface area contributed by atoms with E-state index in [9.17, 15) is 8.42 Å². The Morgan fingerprint density at radius 1 is 0.524 bits per heavy atom. The fraction of sp³-hybridized carbons (Fsp3) is 0.786. The minimum absolute atomic E-state index is 0.0304. The third kappa shape index (κ3) is 19.1. The highest BCUT2D eigenvalue weighted by molar-refractivity contribution is 7.86. The van der Waals surface area contributed by atoms with E-state index in [1.165, 1.54) is 12.1 Å². The van der Waals surface area contributed by atoms with Gasteiger partial charge in [-0.15, -0.1) is 0 Å². The Morgan fingerprint density at radius 3 is 1.21 bits per heavy atom. The fourth-order valence-corrected chi connectivity index (χ4v) is 4.30. The van der Waals surface area contributed by atoms with Gasteiger partial charge in [-0.1, -0.05) is 17.7 Å². The van der Waals surface area contributed by atoms with Gasteiger partial charge in [-0.25, -0.2) is 0 Å². The minimum Gasteiger partial charge on any atom is -0.382 e. The van der Waals surface area contributed by atoms with Gasteiger partial charge in [0.2, 0.25) is 0 Å². The van der Waals surface area contributed by atoms with Crippen LogP contribution < -0.4 is 0 Å². The molecule has 0 fully saturated rings. The molecule has 13 nitrogen and oxygen atoms in total. The molecular formula is C28H50O13S. The van der Waals surface area contributed by atoms with Crippen molar-refractivity contribution in [2.45, 2.75) is 30.1 Å². The second-order valence-electron chi connectivity index (χ2n) is 9.17. The number of methoxy groups -OCH3 is 4. The van der Waals surface area contributed by atoms with Crippen molar-refractivity contribution in [2.75, 3.05) is 121 Å². The maximum atomic E-state index is 13.1. The Labute approximate surface area is 251 Å². The van der Waals surface area contributed by atoms with Crippen molar-refractivity contribution in [2.24, 2.45) is 0 Å². The molecule has 0 atom stereocenters. The van der Waals surface area contributed by atoms with Gasteiger partial charge in [0.05, 0.1) is 97.4 Å². The van der Waals surface area contributed by atoms with Gasteiger partial charge < -0.3 is 47.4 Å². The van der Waals surface area contributed by atoms with E-state index in [0.29, 0.717) is 52.9 Å². The van der Waals surface area contributed by atoms with Crippen LogP contribution in [0.25, 0.3) is 0 Å². The van der Waals surface area contributed by atoms with Gasteiger partial charge >= 0.3 is 0 Å². The summed E-state index contributed by atoms with van der Waals surface area (Å²) >= 11 is 0. The first kappa shape index (κ1) is 38.8. The fourth-order valence-electron chi connectivity index (χ4n) is 3.25. The summed E-state index contributed by atoms with van der Waals surface area (Å²) in [5.74, 6) is 0. The first-order valence-corrected chi connectivity index (χ1v) is 15.3. The van der Waals surface area contributed by atoms with E-state index < -0.39 is 28.4 Å². The number of hydrogen-bond donors (Lipinski definition) is 0. The van der Waals surface area contributed by atoms with Gasteiger partial charge in [-0.05, 0) is 19.1 Å². The van der Waals surface area contributed by atoms with E-state index in [0.717, 1.165) is 5.56 Å². The smallest absolute Gasteiger partial charge is 0.297 e. The van der Waals surface area contributed by atoms with E-state index in [1.807, 2.05) is 6.92 Å². The lowest BCUT2D eigenvalue weighted by atomic mass is 10.2. The molecule has 1 aromatic rings. The maximum Gasteiger partial charge on any atom is 0.297 e. The molecule has 42 heavy (non-hydrogen) atoms. The molecule has 0 bridgehead atoms. The third-order valence-electron chi connectivity index (χ3n) is 5.55. The second-order valence-corrected chi connectivity index (χ2v) is 10.7. The van der Waals surface area contributed by atoms with E-state index >= 15 is 0 Å². The first-order valence-electron chi connectivity index (χ1n) is 13.9. The minimum atomic E-state index is -4.12. The lowest BCUT2D eigenvalue weighted by Crippen LogP contribution is -2.37. The predicted molar refractivity (Wildman–Crippen MR) is 153 cm³/mol. The van der Waals surface area contributed by atoms with Crippen LogP contribution in [0.5, 0.6) is 0 Å². The van der Waals surface area contributed by atoms with Gasteiger partial charge in [-0.3, -0.25) is 4.18 Å². The van der Waals surface area contributed by atoms with Crippen LogP contribution in [-0.4, -0.2) is 148 Å². The molecule has 0 saturated heterocycles. The molecule has 0 radical (unpaired) electrons. The number of rotatable bonds is 29. The average Bonchev–Trinajstić information content (AvgIpc) is 2.98. The van der Waals surface area contributed by atoms with Gasteiger partial charge in [0, 0.05) is 28.4 Å². The monoisotopic (exact) mass is 626 g/mol. The molecule has 0 aliphatic carbocycles. The highest BCUT2D eigenvalue weighted by Gasteiger charge is 2.25. The Kier molecular flexibility index (Phi) is 23.2. The summed E-state index contributed by atoms with van der Waals surface area (Å²) in [4.78, 5) is 0.0304. The Bertz CT molecular complexity index is 798. The zero-order valence-corrected chi connectivity index (χ0v) is 26.5. The normalized spacial score (nSPS) is 12.3. The SMILES string of the molecule is COCCOCC(COCCOC)OCC(COC(COCCOC)COCCOC)OS(=O)(=O)c1ccc(C)cc1. The van der Waals surface area contributed by atoms with Crippen LogP contribution in [0.3, 0.4) is 0 Å². The van der Waals surface area contributed by atoms with E-state index in [2.05, 4.69) is 0 Å². The van der Waals surface area contributed by atoms with Crippen LogP contribution in [0.2, 0.25) is 0 Å². The molecule has 0 aromatic heterocycles. The molecule has 246 valence electrons. The van der Waals surface area contributed by atoms with Crippen LogP contribution in [0.15, 0.2) is 29.2 Å². The molecule has 0 N–H and O–H groups in total. The number of benzene rings is 1. The summed E-state index contributed by atoms with van der Waals surface area (Å²) in [6.07, 6.45) is -1.99. The molecule has 0 saturated carbocycles. The van der Waals surface area contributed by atoms with Crippen molar-refractivity contribution in [3.63, 3.8) is 0 Å². The van der Waals surface area contributed by atoms with E-state index in [-0.39, 0.29) is 44.5 Å². The van der Waals surface area contributed by atoms with Crippen molar-refractivity contribution in [3.05, 3.63) is 29.8 Å². The summed E-state index contributed by atoms with van der Waals surface area (Å²) < 4.78 is 86.5. The van der Waals surface area contributed by atoms with Gasteiger partial charge in [0.1, 0.15) is 18.3 Å². The van der Waals surface area contributed by atoms with E-state index in [4.69, 9.17) is 51.6 Å². The van der Waals surface area contributed by atoms with Crippen molar-refractivity contribution in [1.29, 1.82) is 0 Å².